The normalized spacial score (nSPS) is 15.3. The molecule has 0 saturated heterocycles. The van der Waals surface area contributed by atoms with E-state index in [2.05, 4.69) is 43.4 Å². The van der Waals surface area contributed by atoms with Gasteiger partial charge in [0.05, 0.1) is 27.7 Å². The second kappa shape index (κ2) is 20.9. The molecule has 35 heavy (non-hydrogen) atoms. The number of quaternary nitrogens is 1. The van der Waals surface area contributed by atoms with E-state index in [1.54, 1.807) is 0 Å². The van der Waals surface area contributed by atoms with Gasteiger partial charge in [-0.25, -0.2) is 4.57 Å². The molecule has 0 amide bonds. The van der Waals surface area contributed by atoms with Crippen LogP contribution in [0.25, 0.3) is 0 Å². The lowest BCUT2D eigenvalue weighted by Gasteiger charge is -2.24. The van der Waals surface area contributed by atoms with Crippen LogP contribution in [0.4, 0.5) is 0 Å². The Morgan fingerprint density at radius 1 is 0.886 bits per heavy atom. The minimum absolute atomic E-state index is 0.0497. The molecule has 0 fully saturated rings. The van der Waals surface area contributed by atoms with E-state index in [0.717, 1.165) is 57.8 Å². The fourth-order valence-corrected chi connectivity index (χ4v) is 3.59. The Balaban J connectivity index is 3.66. The molecule has 0 aromatic heterocycles. The van der Waals surface area contributed by atoms with Gasteiger partial charge < -0.3 is 19.2 Å². The van der Waals surface area contributed by atoms with Gasteiger partial charge in [0.25, 0.3) is 0 Å². The van der Waals surface area contributed by atoms with Crippen LogP contribution in [0.2, 0.25) is 0 Å². The third-order valence-electron chi connectivity index (χ3n) is 4.92. The van der Waals surface area contributed by atoms with E-state index >= 15 is 0 Å². The van der Waals surface area contributed by atoms with Crippen molar-refractivity contribution in [2.24, 2.45) is 0 Å². The molecule has 0 saturated carbocycles. The third kappa shape index (κ3) is 25.6. The smallest absolute Gasteiger partial charge is 0.463 e. The van der Waals surface area contributed by atoms with Gasteiger partial charge in [0.15, 0.2) is 0 Å². The van der Waals surface area contributed by atoms with Gasteiger partial charge in [0.1, 0.15) is 25.9 Å². The molecule has 0 aliphatic rings. The quantitative estimate of drug-likeness (QED) is 0.0657. The standard InChI is InChI=1S/C26H48NO7P/c1-5-6-7-8-9-10-11-12-13-14-15-16-17-18-19-20-26(29)32-23-25(28)24-34-35(30,31)33-22-21-27(2,3)4/h6-7,9-10,12-13,25,28H,5,8,11,14-24H2,1-4H3/p+1/b7-6-,10-9-,13-12-/t25-/m1/s1. The van der Waals surface area contributed by atoms with E-state index in [1.807, 2.05) is 21.1 Å². The zero-order valence-corrected chi connectivity index (χ0v) is 23.2. The van der Waals surface area contributed by atoms with E-state index < -0.39 is 26.5 Å². The number of likely N-dealkylation sites (N-methyl/N-ethyl adjacent to an activating group) is 1. The summed E-state index contributed by atoms with van der Waals surface area (Å²) in [7, 11) is 1.54. The maximum absolute atomic E-state index is 11.8. The van der Waals surface area contributed by atoms with Crippen molar-refractivity contribution < 1.29 is 37.6 Å². The maximum atomic E-state index is 11.8. The number of hydrogen-bond acceptors (Lipinski definition) is 6. The fraction of sp³-hybridized carbons (Fsp3) is 0.731. The molecule has 204 valence electrons. The molecule has 0 rings (SSSR count). The molecule has 2 N–H and O–H groups in total. The average Bonchev–Trinajstić information content (AvgIpc) is 2.78. The van der Waals surface area contributed by atoms with Crippen LogP contribution in [0.3, 0.4) is 0 Å². The van der Waals surface area contributed by atoms with Gasteiger partial charge in [-0.3, -0.25) is 13.8 Å². The molecule has 0 aliphatic carbocycles. The number of nitrogens with zero attached hydrogens (tertiary/aromatic N) is 1. The summed E-state index contributed by atoms with van der Waals surface area (Å²) in [5.41, 5.74) is 0. The van der Waals surface area contributed by atoms with Crippen LogP contribution >= 0.6 is 7.82 Å². The van der Waals surface area contributed by atoms with Crippen molar-refractivity contribution in [1.29, 1.82) is 0 Å². The zero-order chi connectivity index (χ0) is 26.4. The van der Waals surface area contributed by atoms with Gasteiger partial charge >= 0.3 is 13.8 Å². The van der Waals surface area contributed by atoms with Gasteiger partial charge in [-0.05, 0) is 38.5 Å². The van der Waals surface area contributed by atoms with E-state index in [1.165, 1.54) is 0 Å². The zero-order valence-electron chi connectivity index (χ0n) is 22.3. The summed E-state index contributed by atoms with van der Waals surface area (Å²) in [6, 6.07) is 0. The number of aliphatic hydroxyl groups is 1. The summed E-state index contributed by atoms with van der Waals surface area (Å²) in [6.07, 6.45) is 21.5. The van der Waals surface area contributed by atoms with Crippen LogP contribution < -0.4 is 0 Å². The van der Waals surface area contributed by atoms with Crippen molar-refractivity contribution in [3.63, 3.8) is 0 Å². The van der Waals surface area contributed by atoms with E-state index in [9.17, 15) is 19.4 Å². The number of phosphoric acid groups is 1. The Bertz CT molecular complexity index is 671. The van der Waals surface area contributed by atoms with Gasteiger partial charge in [-0.1, -0.05) is 62.6 Å². The van der Waals surface area contributed by atoms with Crippen LogP contribution in [0.5, 0.6) is 0 Å². The minimum Gasteiger partial charge on any atom is -0.463 e. The van der Waals surface area contributed by atoms with Gasteiger partial charge in [-0.2, -0.15) is 0 Å². The summed E-state index contributed by atoms with van der Waals surface area (Å²) in [5.74, 6) is -0.392. The monoisotopic (exact) mass is 518 g/mol. The number of hydrogen-bond donors (Lipinski definition) is 2. The number of ether oxygens (including phenoxy) is 1. The van der Waals surface area contributed by atoms with Crippen LogP contribution in [-0.4, -0.2) is 74.1 Å². The largest absolute Gasteiger partial charge is 0.472 e. The first-order chi connectivity index (χ1) is 16.6. The van der Waals surface area contributed by atoms with Crippen molar-refractivity contribution >= 4 is 13.8 Å². The van der Waals surface area contributed by atoms with E-state index in [4.69, 9.17) is 13.8 Å². The third-order valence-corrected chi connectivity index (χ3v) is 5.90. The van der Waals surface area contributed by atoms with Crippen molar-refractivity contribution in [1.82, 2.24) is 0 Å². The molecule has 0 heterocycles. The first kappa shape index (κ1) is 33.7. The number of unbranched alkanes of at least 4 members (excludes halogenated alkanes) is 5. The number of carbonyl (C=O) groups excluding carboxylic acids is 1. The predicted octanol–water partition coefficient (Wildman–Crippen LogP) is 5.32. The second-order valence-corrected chi connectivity index (χ2v) is 11.0. The topological polar surface area (TPSA) is 102 Å². The molecular formula is C26H49NO7P+. The summed E-state index contributed by atoms with van der Waals surface area (Å²) in [4.78, 5) is 21.4. The van der Waals surface area contributed by atoms with E-state index in [0.29, 0.717) is 17.4 Å². The van der Waals surface area contributed by atoms with Crippen molar-refractivity contribution in [2.45, 2.75) is 77.2 Å². The number of carbonyl (C=O) groups is 1. The molecule has 0 aromatic rings. The minimum atomic E-state index is -4.25. The maximum Gasteiger partial charge on any atom is 0.472 e. The van der Waals surface area contributed by atoms with Crippen LogP contribution in [-0.2, 0) is 23.1 Å². The highest BCUT2D eigenvalue weighted by Gasteiger charge is 2.24. The highest BCUT2D eigenvalue weighted by Crippen LogP contribution is 2.43. The first-order valence-electron chi connectivity index (χ1n) is 12.8. The molecule has 0 aromatic carbocycles. The highest BCUT2D eigenvalue weighted by atomic mass is 31.2. The predicted molar refractivity (Wildman–Crippen MR) is 141 cm³/mol. The lowest BCUT2D eigenvalue weighted by Crippen LogP contribution is -2.37. The van der Waals surface area contributed by atoms with Gasteiger partial charge in [0, 0.05) is 6.42 Å². The van der Waals surface area contributed by atoms with Crippen LogP contribution in [0.1, 0.15) is 71.1 Å². The van der Waals surface area contributed by atoms with Crippen molar-refractivity contribution in [3.8, 4) is 0 Å². The summed E-state index contributed by atoms with van der Waals surface area (Å²) in [6.45, 7) is 1.98. The Labute approximate surface area is 212 Å². The highest BCUT2D eigenvalue weighted by molar-refractivity contribution is 7.47. The molecule has 1 unspecified atom stereocenters. The SMILES string of the molecule is CC/C=C\C/C=C\C/C=C\CCCCCCCC(=O)OC[C@@H](O)COP(=O)(O)OCC[N+](C)(C)C. The Morgan fingerprint density at radius 3 is 2.14 bits per heavy atom. The second-order valence-electron chi connectivity index (χ2n) is 9.55. The lowest BCUT2D eigenvalue weighted by molar-refractivity contribution is -0.870. The summed E-state index contributed by atoms with van der Waals surface area (Å²) >= 11 is 0. The fourth-order valence-electron chi connectivity index (χ4n) is 2.85. The summed E-state index contributed by atoms with van der Waals surface area (Å²) < 4.78 is 27.0. The first-order valence-corrected chi connectivity index (χ1v) is 14.3. The van der Waals surface area contributed by atoms with Crippen molar-refractivity contribution in [2.75, 3.05) is 47.5 Å². The van der Waals surface area contributed by atoms with Crippen LogP contribution in [0.15, 0.2) is 36.5 Å². The van der Waals surface area contributed by atoms with Gasteiger partial charge in [-0.15, -0.1) is 0 Å². The van der Waals surface area contributed by atoms with E-state index in [-0.39, 0.29) is 13.2 Å². The molecule has 2 atom stereocenters. The molecule has 9 heteroatoms. The lowest BCUT2D eigenvalue weighted by atomic mass is 10.1. The number of esters is 1. The molecule has 0 spiro atoms. The Kier molecular flexibility index (Phi) is 20.1. The van der Waals surface area contributed by atoms with Gasteiger partial charge in [0.2, 0.25) is 0 Å². The molecule has 0 bridgehead atoms. The van der Waals surface area contributed by atoms with Crippen LogP contribution in [0, 0.1) is 0 Å². The molecule has 8 nitrogen and oxygen atoms in total. The Hall–Kier alpha value is -1.28. The number of rotatable bonds is 22. The number of allylic oxidation sites excluding steroid dienone is 6. The Morgan fingerprint density at radius 2 is 1.49 bits per heavy atom. The molecule has 0 aliphatic heterocycles. The molecule has 0 radical (unpaired) electrons. The van der Waals surface area contributed by atoms with Crippen molar-refractivity contribution in [3.05, 3.63) is 36.5 Å². The average molecular weight is 519 g/mol. The summed E-state index contributed by atoms with van der Waals surface area (Å²) in [5, 5.41) is 9.81. The number of phosphoric ester groups is 1. The number of aliphatic hydroxyl groups excluding tert-OH is 1. The molecular weight excluding hydrogens is 469 g/mol.